The van der Waals surface area contributed by atoms with Gasteiger partial charge in [-0.05, 0) is 44.7 Å². The van der Waals surface area contributed by atoms with Crippen molar-refractivity contribution in [3.05, 3.63) is 0 Å². The molecule has 1 saturated carbocycles. The van der Waals surface area contributed by atoms with Gasteiger partial charge >= 0.3 is 5.97 Å². The van der Waals surface area contributed by atoms with Crippen LogP contribution in [0.3, 0.4) is 0 Å². The quantitative estimate of drug-likeness (QED) is 0.689. The average Bonchev–Trinajstić information content (AvgIpc) is 2.73. The molecule has 18 heavy (non-hydrogen) atoms. The zero-order valence-electron chi connectivity index (χ0n) is 10.8. The summed E-state index contributed by atoms with van der Waals surface area (Å²) in [7, 11) is 0. The van der Waals surface area contributed by atoms with Crippen molar-refractivity contribution in [2.75, 3.05) is 13.1 Å². The van der Waals surface area contributed by atoms with Crippen LogP contribution in [0.15, 0.2) is 0 Å². The molecule has 5 heteroatoms. The highest BCUT2D eigenvalue weighted by molar-refractivity contribution is 5.85. The van der Waals surface area contributed by atoms with Gasteiger partial charge in [0, 0.05) is 6.04 Å². The molecule has 0 bridgehead atoms. The molecule has 0 aromatic rings. The Kier molecular flexibility index (Phi) is 4.22. The number of aliphatic carboxylic acids is 1. The van der Waals surface area contributed by atoms with Crippen molar-refractivity contribution in [1.29, 1.82) is 0 Å². The molecule has 1 amide bonds. The van der Waals surface area contributed by atoms with E-state index in [2.05, 4.69) is 10.6 Å². The fourth-order valence-electron chi connectivity index (χ4n) is 3.13. The third kappa shape index (κ3) is 3.02. The molecule has 102 valence electrons. The van der Waals surface area contributed by atoms with E-state index < -0.39 is 11.9 Å². The standard InChI is InChI=1S/C13H22N2O3/c1-8-6-10(11(7-8)13(17)18)12(16)15-9-2-4-14-5-3-9/h8-11,14H,2-7H2,1H3,(H,15,16)(H,17,18). The van der Waals surface area contributed by atoms with Gasteiger partial charge in [-0.25, -0.2) is 0 Å². The Balaban J connectivity index is 1.92. The summed E-state index contributed by atoms with van der Waals surface area (Å²) in [6.07, 6.45) is 3.20. The topological polar surface area (TPSA) is 78.4 Å². The number of amides is 1. The van der Waals surface area contributed by atoms with E-state index in [9.17, 15) is 9.59 Å². The van der Waals surface area contributed by atoms with E-state index in [0.717, 1.165) is 25.9 Å². The zero-order valence-corrected chi connectivity index (χ0v) is 10.8. The van der Waals surface area contributed by atoms with Gasteiger partial charge in [0.2, 0.25) is 5.91 Å². The van der Waals surface area contributed by atoms with Crippen LogP contribution in [0.2, 0.25) is 0 Å². The summed E-state index contributed by atoms with van der Waals surface area (Å²) in [5.74, 6) is -1.40. The van der Waals surface area contributed by atoms with E-state index in [1.807, 2.05) is 6.92 Å². The van der Waals surface area contributed by atoms with E-state index in [1.54, 1.807) is 0 Å². The minimum absolute atomic E-state index is 0.0568. The van der Waals surface area contributed by atoms with Gasteiger partial charge in [0.25, 0.3) is 0 Å². The van der Waals surface area contributed by atoms with Gasteiger partial charge in [0.1, 0.15) is 0 Å². The third-order valence-corrected chi connectivity index (χ3v) is 4.14. The maximum Gasteiger partial charge on any atom is 0.307 e. The minimum atomic E-state index is -0.829. The van der Waals surface area contributed by atoms with Gasteiger partial charge in [-0.3, -0.25) is 9.59 Å². The normalized spacial score (nSPS) is 33.3. The lowest BCUT2D eigenvalue weighted by molar-refractivity contribution is -0.146. The van der Waals surface area contributed by atoms with Gasteiger partial charge in [0.05, 0.1) is 11.8 Å². The van der Waals surface area contributed by atoms with Crippen LogP contribution in [-0.4, -0.2) is 36.1 Å². The van der Waals surface area contributed by atoms with Crippen molar-refractivity contribution in [2.24, 2.45) is 17.8 Å². The number of nitrogens with one attached hydrogen (secondary N) is 2. The van der Waals surface area contributed by atoms with E-state index >= 15 is 0 Å². The maximum absolute atomic E-state index is 12.2. The average molecular weight is 254 g/mol. The monoisotopic (exact) mass is 254 g/mol. The molecule has 3 N–H and O–H groups in total. The maximum atomic E-state index is 12.2. The molecule has 0 spiro atoms. The molecule has 3 unspecified atom stereocenters. The highest BCUT2D eigenvalue weighted by Gasteiger charge is 2.41. The number of carboxylic acids is 1. The van der Waals surface area contributed by atoms with Crippen molar-refractivity contribution >= 4 is 11.9 Å². The van der Waals surface area contributed by atoms with Crippen molar-refractivity contribution in [3.8, 4) is 0 Å². The largest absolute Gasteiger partial charge is 0.481 e. The first-order valence-electron chi connectivity index (χ1n) is 6.82. The predicted molar refractivity (Wildman–Crippen MR) is 67.0 cm³/mol. The number of hydrogen-bond acceptors (Lipinski definition) is 3. The summed E-state index contributed by atoms with van der Waals surface area (Å²) >= 11 is 0. The second kappa shape index (κ2) is 5.69. The lowest BCUT2D eigenvalue weighted by atomic mass is 9.94. The lowest BCUT2D eigenvalue weighted by Crippen LogP contribution is -2.46. The number of rotatable bonds is 3. The van der Waals surface area contributed by atoms with Crippen LogP contribution in [0.1, 0.15) is 32.6 Å². The number of carbonyl (C=O) groups excluding carboxylic acids is 1. The summed E-state index contributed by atoms with van der Waals surface area (Å²) in [5.41, 5.74) is 0. The third-order valence-electron chi connectivity index (χ3n) is 4.14. The van der Waals surface area contributed by atoms with Crippen molar-refractivity contribution in [2.45, 2.75) is 38.6 Å². The summed E-state index contributed by atoms with van der Waals surface area (Å²) in [6.45, 7) is 3.87. The van der Waals surface area contributed by atoms with Crippen molar-refractivity contribution in [1.82, 2.24) is 10.6 Å². The summed E-state index contributed by atoms with van der Waals surface area (Å²) in [5, 5.41) is 15.4. The van der Waals surface area contributed by atoms with Crippen molar-refractivity contribution < 1.29 is 14.7 Å². The van der Waals surface area contributed by atoms with Crippen LogP contribution in [-0.2, 0) is 9.59 Å². The Morgan fingerprint density at radius 3 is 2.39 bits per heavy atom. The van der Waals surface area contributed by atoms with Gasteiger partial charge in [-0.1, -0.05) is 6.92 Å². The molecule has 0 aromatic heterocycles. The molecule has 1 saturated heterocycles. The molecular formula is C13H22N2O3. The molecule has 2 rings (SSSR count). The minimum Gasteiger partial charge on any atom is -0.481 e. The Morgan fingerprint density at radius 1 is 1.17 bits per heavy atom. The van der Waals surface area contributed by atoms with E-state index in [1.165, 1.54) is 0 Å². The smallest absolute Gasteiger partial charge is 0.307 e. The Labute approximate surface area is 107 Å². The van der Waals surface area contributed by atoms with Crippen LogP contribution < -0.4 is 10.6 Å². The SMILES string of the molecule is CC1CC(C(=O)O)C(C(=O)NC2CCNCC2)C1. The fourth-order valence-corrected chi connectivity index (χ4v) is 3.13. The molecule has 1 aliphatic heterocycles. The number of piperidine rings is 1. The second-order valence-corrected chi connectivity index (χ2v) is 5.66. The van der Waals surface area contributed by atoms with E-state index in [0.29, 0.717) is 18.8 Å². The molecule has 1 heterocycles. The van der Waals surface area contributed by atoms with Crippen LogP contribution in [0, 0.1) is 17.8 Å². The number of hydrogen-bond donors (Lipinski definition) is 3. The molecule has 3 atom stereocenters. The van der Waals surface area contributed by atoms with Crippen LogP contribution in [0.25, 0.3) is 0 Å². The molecule has 0 aromatic carbocycles. The molecular weight excluding hydrogens is 232 g/mol. The molecule has 0 radical (unpaired) electrons. The lowest BCUT2D eigenvalue weighted by Gasteiger charge is -2.26. The van der Waals surface area contributed by atoms with Gasteiger partial charge in [-0.2, -0.15) is 0 Å². The van der Waals surface area contributed by atoms with E-state index in [4.69, 9.17) is 5.11 Å². The first kappa shape index (κ1) is 13.3. The number of carbonyl (C=O) groups is 2. The fraction of sp³-hybridized carbons (Fsp3) is 0.846. The van der Waals surface area contributed by atoms with Gasteiger partial charge in [0.15, 0.2) is 0 Å². The Morgan fingerprint density at radius 2 is 1.78 bits per heavy atom. The Hall–Kier alpha value is -1.10. The van der Waals surface area contributed by atoms with E-state index in [-0.39, 0.29) is 17.9 Å². The molecule has 2 aliphatic rings. The van der Waals surface area contributed by atoms with Crippen molar-refractivity contribution in [3.63, 3.8) is 0 Å². The highest BCUT2D eigenvalue weighted by Crippen LogP contribution is 2.36. The first-order chi connectivity index (χ1) is 8.58. The van der Waals surface area contributed by atoms with Crippen LogP contribution in [0.5, 0.6) is 0 Å². The van der Waals surface area contributed by atoms with Crippen LogP contribution >= 0.6 is 0 Å². The first-order valence-corrected chi connectivity index (χ1v) is 6.82. The van der Waals surface area contributed by atoms with Crippen LogP contribution in [0.4, 0.5) is 0 Å². The van der Waals surface area contributed by atoms with Gasteiger partial charge < -0.3 is 15.7 Å². The Bertz CT molecular complexity index is 326. The molecule has 2 fully saturated rings. The summed E-state index contributed by atoms with van der Waals surface area (Å²) < 4.78 is 0. The molecule has 5 nitrogen and oxygen atoms in total. The summed E-state index contributed by atoms with van der Waals surface area (Å²) in [4.78, 5) is 23.3. The molecule has 1 aliphatic carbocycles. The predicted octanol–water partition coefficient (Wildman–Crippen LogP) is 0.601. The van der Waals surface area contributed by atoms with Gasteiger partial charge in [-0.15, -0.1) is 0 Å². The highest BCUT2D eigenvalue weighted by atomic mass is 16.4. The zero-order chi connectivity index (χ0) is 13.1. The second-order valence-electron chi connectivity index (χ2n) is 5.66. The summed E-state index contributed by atoms with van der Waals surface area (Å²) in [6, 6.07) is 0.212. The number of carboxylic acid groups (broad SMARTS) is 1.